The van der Waals surface area contributed by atoms with Crippen molar-refractivity contribution >= 4 is 43.6 Å². The van der Waals surface area contributed by atoms with Gasteiger partial charge >= 0.3 is 0 Å². The van der Waals surface area contributed by atoms with Gasteiger partial charge in [-0.05, 0) is 42.5 Å². The van der Waals surface area contributed by atoms with Gasteiger partial charge in [0.15, 0.2) is 0 Å². The summed E-state index contributed by atoms with van der Waals surface area (Å²) in [5.41, 5.74) is 5.95. The standard InChI is InChI=1S/C29H19N3/c1-2-10-20(11-3-1)31-25-15-7-5-13-23(25)28-26(31)18-17-22-21-12-4-6-14-24(21)32(29(22)28)27-16-8-9-19-30-27/h1-19H. The molecule has 0 unspecified atom stereocenters. The third-order valence-corrected chi connectivity index (χ3v) is 6.36. The second-order valence-electron chi connectivity index (χ2n) is 8.08. The van der Waals surface area contributed by atoms with Crippen LogP contribution < -0.4 is 0 Å². The van der Waals surface area contributed by atoms with Crippen LogP contribution in [0.5, 0.6) is 0 Å². The van der Waals surface area contributed by atoms with Gasteiger partial charge in [-0.2, -0.15) is 0 Å². The number of fused-ring (bicyclic) bond motifs is 7. The predicted molar refractivity (Wildman–Crippen MR) is 133 cm³/mol. The van der Waals surface area contributed by atoms with Crippen LogP contribution in [0.15, 0.2) is 115 Å². The molecule has 0 saturated heterocycles. The van der Waals surface area contributed by atoms with Crippen LogP contribution >= 0.6 is 0 Å². The molecule has 0 radical (unpaired) electrons. The minimum Gasteiger partial charge on any atom is -0.309 e. The Morgan fingerprint density at radius 2 is 1.16 bits per heavy atom. The van der Waals surface area contributed by atoms with Crippen molar-refractivity contribution in [3.05, 3.63) is 115 Å². The molecule has 0 aliphatic rings. The molecule has 3 nitrogen and oxygen atoms in total. The monoisotopic (exact) mass is 409 g/mol. The summed E-state index contributed by atoms with van der Waals surface area (Å²) >= 11 is 0. The van der Waals surface area contributed by atoms with Crippen molar-refractivity contribution in [2.24, 2.45) is 0 Å². The summed E-state index contributed by atoms with van der Waals surface area (Å²) in [4.78, 5) is 4.73. The first-order valence-electron chi connectivity index (χ1n) is 10.8. The number of hydrogen-bond acceptors (Lipinski definition) is 1. The second kappa shape index (κ2) is 6.56. The molecule has 3 heterocycles. The number of rotatable bonds is 2. The Balaban J connectivity index is 1.77. The molecule has 7 aromatic rings. The lowest BCUT2D eigenvalue weighted by molar-refractivity contribution is 1.08. The van der Waals surface area contributed by atoms with Gasteiger partial charge in [0.05, 0.1) is 22.1 Å². The smallest absolute Gasteiger partial charge is 0.137 e. The summed E-state index contributed by atoms with van der Waals surface area (Å²) < 4.78 is 4.68. The molecule has 7 rings (SSSR count). The van der Waals surface area contributed by atoms with Crippen molar-refractivity contribution in [1.29, 1.82) is 0 Å². The molecule has 0 aliphatic carbocycles. The predicted octanol–water partition coefficient (Wildman–Crippen LogP) is 7.28. The molecule has 0 atom stereocenters. The summed E-state index contributed by atoms with van der Waals surface area (Å²) in [5.74, 6) is 0.933. The van der Waals surface area contributed by atoms with Crippen molar-refractivity contribution in [3.63, 3.8) is 0 Å². The highest BCUT2D eigenvalue weighted by atomic mass is 15.1. The maximum absolute atomic E-state index is 4.73. The van der Waals surface area contributed by atoms with Crippen LogP contribution in [0, 0.1) is 0 Å². The first-order valence-corrected chi connectivity index (χ1v) is 10.8. The van der Waals surface area contributed by atoms with Crippen molar-refractivity contribution in [2.75, 3.05) is 0 Å². The van der Waals surface area contributed by atoms with Gasteiger partial charge in [-0.1, -0.05) is 66.7 Å². The highest BCUT2D eigenvalue weighted by Gasteiger charge is 2.20. The Kier molecular flexibility index (Phi) is 3.55. The zero-order valence-corrected chi connectivity index (χ0v) is 17.3. The van der Waals surface area contributed by atoms with Crippen LogP contribution in [0.1, 0.15) is 0 Å². The van der Waals surface area contributed by atoms with Gasteiger partial charge in [0.25, 0.3) is 0 Å². The molecule has 0 aliphatic heterocycles. The van der Waals surface area contributed by atoms with E-state index in [1.165, 1.54) is 49.3 Å². The summed E-state index contributed by atoms with van der Waals surface area (Å²) in [6.45, 7) is 0. The van der Waals surface area contributed by atoms with Gasteiger partial charge < -0.3 is 4.57 Å². The SMILES string of the molecule is c1ccc(-n2c3ccccc3c3c2ccc2c4ccccc4n(-c4ccccn4)c23)cc1. The average molecular weight is 409 g/mol. The Morgan fingerprint density at radius 3 is 1.94 bits per heavy atom. The molecule has 0 N–H and O–H groups in total. The first-order chi connectivity index (χ1) is 15.9. The number of hydrogen-bond donors (Lipinski definition) is 0. The van der Waals surface area contributed by atoms with Crippen molar-refractivity contribution in [1.82, 2.24) is 14.1 Å². The van der Waals surface area contributed by atoms with Crippen molar-refractivity contribution < 1.29 is 0 Å². The van der Waals surface area contributed by atoms with Crippen molar-refractivity contribution in [2.45, 2.75) is 0 Å². The summed E-state index contributed by atoms with van der Waals surface area (Å²) in [5, 5.41) is 4.99. The molecular formula is C29H19N3. The van der Waals surface area contributed by atoms with E-state index in [9.17, 15) is 0 Å². The number of benzene rings is 4. The van der Waals surface area contributed by atoms with Crippen LogP contribution in [0.3, 0.4) is 0 Å². The maximum atomic E-state index is 4.73. The fraction of sp³-hybridized carbons (Fsp3) is 0. The summed E-state index contributed by atoms with van der Waals surface area (Å²) in [6.07, 6.45) is 1.86. The van der Waals surface area contributed by atoms with Crippen LogP contribution in [-0.4, -0.2) is 14.1 Å². The molecule has 3 heteroatoms. The molecular weight excluding hydrogens is 390 g/mol. The van der Waals surface area contributed by atoms with Crippen molar-refractivity contribution in [3.8, 4) is 11.5 Å². The molecule has 32 heavy (non-hydrogen) atoms. The van der Waals surface area contributed by atoms with E-state index in [1.807, 2.05) is 12.3 Å². The number of pyridine rings is 1. The van der Waals surface area contributed by atoms with Gasteiger partial charge in [-0.3, -0.25) is 4.57 Å². The number of para-hydroxylation sites is 3. The van der Waals surface area contributed by atoms with E-state index < -0.39 is 0 Å². The minimum atomic E-state index is 0.933. The highest BCUT2D eigenvalue weighted by Crippen LogP contribution is 2.41. The normalized spacial score (nSPS) is 11.8. The Labute approximate surface area is 184 Å². The van der Waals surface area contributed by atoms with Crippen LogP contribution in [0.25, 0.3) is 55.1 Å². The van der Waals surface area contributed by atoms with E-state index in [0.717, 1.165) is 5.82 Å². The van der Waals surface area contributed by atoms with E-state index in [2.05, 4.69) is 112 Å². The molecule has 150 valence electrons. The first kappa shape index (κ1) is 17.3. The zero-order valence-electron chi connectivity index (χ0n) is 17.3. The lowest BCUT2D eigenvalue weighted by Crippen LogP contribution is -1.97. The van der Waals surface area contributed by atoms with Gasteiger partial charge in [-0.15, -0.1) is 0 Å². The third kappa shape index (κ3) is 2.28. The average Bonchev–Trinajstić information content (AvgIpc) is 3.38. The third-order valence-electron chi connectivity index (χ3n) is 6.36. The molecule has 0 spiro atoms. The summed E-state index contributed by atoms with van der Waals surface area (Å²) in [7, 11) is 0. The van der Waals surface area contributed by atoms with E-state index in [0.29, 0.717) is 0 Å². The van der Waals surface area contributed by atoms with Crippen LogP contribution in [0.2, 0.25) is 0 Å². The number of nitrogens with zero attached hydrogens (tertiary/aromatic N) is 3. The molecule has 0 fully saturated rings. The van der Waals surface area contributed by atoms with E-state index in [1.54, 1.807) is 0 Å². The van der Waals surface area contributed by atoms with Gasteiger partial charge in [0.1, 0.15) is 5.82 Å². The molecule has 4 aromatic carbocycles. The lowest BCUT2D eigenvalue weighted by Gasteiger charge is -2.09. The minimum absolute atomic E-state index is 0.933. The number of aromatic nitrogens is 3. The molecule has 3 aromatic heterocycles. The maximum Gasteiger partial charge on any atom is 0.137 e. The van der Waals surface area contributed by atoms with E-state index in [4.69, 9.17) is 4.98 Å². The quantitative estimate of drug-likeness (QED) is 0.294. The van der Waals surface area contributed by atoms with Crippen LogP contribution in [-0.2, 0) is 0 Å². The van der Waals surface area contributed by atoms with E-state index in [-0.39, 0.29) is 0 Å². The Hall–Kier alpha value is -4.37. The second-order valence-corrected chi connectivity index (χ2v) is 8.08. The van der Waals surface area contributed by atoms with Crippen LogP contribution in [0.4, 0.5) is 0 Å². The fourth-order valence-corrected chi connectivity index (χ4v) is 5.09. The van der Waals surface area contributed by atoms with Gasteiger partial charge in [-0.25, -0.2) is 4.98 Å². The lowest BCUT2D eigenvalue weighted by atomic mass is 10.1. The van der Waals surface area contributed by atoms with Gasteiger partial charge in [0.2, 0.25) is 0 Å². The largest absolute Gasteiger partial charge is 0.309 e. The highest BCUT2D eigenvalue weighted by molar-refractivity contribution is 6.26. The Morgan fingerprint density at radius 1 is 0.469 bits per heavy atom. The van der Waals surface area contributed by atoms with E-state index >= 15 is 0 Å². The summed E-state index contributed by atoms with van der Waals surface area (Å²) in [6, 6.07) is 38.5. The molecule has 0 amide bonds. The molecule has 0 bridgehead atoms. The zero-order chi connectivity index (χ0) is 21.1. The Bertz CT molecular complexity index is 1760. The molecule has 0 saturated carbocycles. The van der Waals surface area contributed by atoms with Gasteiger partial charge in [0, 0.05) is 33.4 Å². The topological polar surface area (TPSA) is 22.8 Å². The fourth-order valence-electron chi connectivity index (χ4n) is 5.09.